The molecular weight excluding hydrogens is 152 g/mol. The second-order valence-electron chi connectivity index (χ2n) is 3.96. The third-order valence-electron chi connectivity index (χ3n) is 2.83. The summed E-state index contributed by atoms with van der Waals surface area (Å²) in [6.07, 6.45) is 1.84. The Morgan fingerprint density at radius 3 is 2.58 bits per heavy atom. The third-order valence-corrected chi connectivity index (χ3v) is 2.83. The van der Waals surface area contributed by atoms with Gasteiger partial charge in [0.2, 0.25) is 0 Å². The van der Waals surface area contributed by atoms with Gasteiger partial charge >= 0.3 is 0 Å². The Morgan fingerprint density at radius 1 is 1.58 bits per heavy atom. The zero-order valence-electron chi connectivity index (χ0n) is 8.22. The van der Waals surface area contributed by atoms with Crippen molar-refractivity contribution in [3.63, 3.8) is 0 Å². The van der Waals surface area contributed by atoms with Crippen LogP contribution in [0.25, 0.3) is 0 Å². The zero-order valence-corrected chi connectivity index (χ0v) is 8.22. The molecule has 0 saturated carbocycles. The first-order chi connectivity index (χ1) is 5.62. The van der Waals surface area contributed by atoms with Crippen LogP contribution in [0.15, 0.2) is 0 Å². The number of carbonyl (C=O) groups excluding carboxylic acids is 1. The highest BCUT2D eigenvalue weighted by molar-refractivity contribution is 5.86. The van der Waals surface area contributed by atoms with E-state index in [0.29, 0.717) is 12.4 Å². The molecule has 1 fully saturated rings. The van der Waals surface area contributed by atoms with Gasteiger partial charge in [0, 0.05) is 12.5 Å². The molecule has 0 unspecified atom stereocenters. The fraction of sp³-hybridized carbons (Fsp3) is 0.900. The van der Waals surface area contributed by atoms with Crippen molar-refractivity contribution >= 4 is 5.78 Å². The van der Waals surface area contributed by atoms with Gasteiger partial charge in [-0.25, -0.2) is 0 Å². The van der Waals surface area contributed by atoms with Crippen molar-refractivity contribution in [2.24, 2.45) is 11.3 Å². The van der Waals surface area contributed by atoms with Crippen LogP contribution in [0.3, 0.4) is 0 Å². The van der Waals surface area contributed by atoms with Gasteiger partial charge in [-0.3, -0.25) is 4.79 Å². The summed E-state index contributed by atoms with van der Waals surface area (Å²) >= 11 is 0. The summed E-state index contributed by atoms with van der Waals surface area (Å²) in [5.74, 6) is 0.522. The van der Waals surface area contributed by atoms with E-state index in [1.54, 1.807) is 0 Å². The lowest BCUT2D eigenvalue weighted by molar-refractivity contribution is -0.132. The Balaban J connectivity index is 2.72. The quantitative estimate of drug-likeness (QED) is 0.647. The van der Waals surface area contributed by atoms with Gasteiger partial charge < -0.3 is 4.74 Å². The SMILES string of the molecule is CC[C@]1(C(=O)C(C)C)CCOC1. The number of ether oxygens (including phenoxy) is 1. The molecule has 0 aliphatic carbocycles. The maximum atomic E-state index is 11.8. The smallest absolute Gasteiger partial charge is 0.143 e. The molecule has 1 atom stereocenters. The highest BCUT2D eigenvalue weighted by Gasteiger charge is 2.40. The Hall–Kier alpha value is -0.370. The number of Topliss-reactive ketones (excluding diaryl/α,β-unsaturated/α-hetero) is 1. The Morgan fingerprint density at radius 2 is 2.25 bits per heavy atom. The Bertz CT molecular complexity index is 167. The van der Waals surface area contributed by atoms with Crippen molar-refractivity contribution in [3.8, 4) is 0 Å². The van der Waals surface area contributed by atoms with Gasteiger partial charge in [0.25, 0.3) is 0 Å². The van der Waals surface area contributed by atoms with Crippen LogP contribution in [0.1, 0.15) is 33.6 Å². The molecule has 1 aliphatic rings. The van der Waals surface area contributed by atoms with Crippen LogP contribution in [-0.2, 0) is 9.53 Å². The molecule has 2 heteroatoms. The van der Waals surface area contributed by atoms with Crippen molar-refractivity contribution < 1.29 is 9.53 Å². The fourth-order valence-corrected chi connectivity index (χ4v) is 1.87. The Kier molecular flexibility index (Phi) is 2.89. The minimum atomic E-state index is -0.145. The van der Waals surface area contributed by atoms with Gasteiger partial charge in [0.05, 0.1) is 12.0 Å². The molecule has 0 spiro atoms. The van der Waals surface area contributed by atoms with E-state index in [9.17, 15) is 4.79 Å². The first kappa shape index (κ1) is 9.72. The first-order valence-electron chi connectivity index (χ1n) is 4.74. The molecule has 1 aliphatic heterocycles. The average molecular weight is 170 g/mol. The lowest BCUT2D eigenvalue weighted by atomic mass is 9.76. The molecule has 0 aromatic heterocycles. The van der Waals surface area contributed by atoms with E-state index in [-0.39, 0.29) is 11.3 Å². The van der Waals surface area contributed by atoms with Crippen LogP contribution in [-0.4, -0.2) is 19.0 Å². The van der Waals surface area contributed by atoms with Gasteiger partial charge in [-0.2, -0.15) is 0 Å². The molecule has 1 rings (SSSR count). The van der Waals surface area contributed by atoms with Crippen molar-refractivity contribution in [1.82, 2.24) is 0 Å². The molecule has 1 heterocycles. The molecule has 0 aromatic rings. The maximum Gasteiger partial charge on any atom is 0.143 e. The predicted molar refractivity (Wildman–Crippen MR) is 48.0 cm³/mol. The normalized spacial score (nSPS) is 29.7. The summed E-state index contributed by atoms with van der Waals surface area (Å²) in [5.41, 5.74) is -0.145. The molecule has 1 saturated heterocycles. The molecule has 2 nitrogen and oxygen atoms in total. The van der Waals surface area contributed by atoms with Crippen molar-refractivity contribution in [2.45, 2.75) is 33.6 Å². The third kappa shape index (κ3) is 1.53. The van der Waals surface area contributed by atoms with Crippen molar-refractivity contribution in [1.29, 1.82) is 0 Å². The van der Waals surface area contributed by atoms with Crippen molar-refractivity contribution in [3.05, 3.63) is 0 Å². The molecular formula is C10H18O2. The van der Waals surface area contributed by atoms with Gasteiger partial charge in [-0.1, -0.05) is 20.8 Å². The summed E-state index contributed by atoms with van der Waals surface area (Å²) in [4.78, 5) is 11.8. The predicted octanol–water partition coefficient (Wildman–Crippen LogP) is 2.03. The minimum Gasteiger partial charge on any atom is -0.380 e. The van der Waals surface area contributed by atoms with Crippen LogP contribution in [0.2, 0.25) is 0 Å². The van der Waals surface area contributed by atoms with Crippen molar-refractivity contribution in [2.75, 3.05) is 13.2 Å². The molecule has 0 bridgehead atoms. The lowest BCUT2D eigenvalue weighted by Gasteiger charge is -2.25. The number of hydrogen-bond donors (Lipinski definition) is 0. The molecule has 70 valence electrons. The van der Waals surface area contributed by atoms with E-state index in [4.69, 9.17) is 4.74 Å². The van der Waals surface area contributed by atoms with E-state index < -0.39 is 0 Å². The van der Waals surface area contributed by atoms with E-state index in [1.807, 2.05) is 13.8 Å². The van der Waals surface area contributed by atoms with Gasteiger partial charge in [0.1, 0.15) is 5.78 Å². The number of ketones is 1. The second kappa shape index (κ2) is 3.56. The zero-order chi connectivity index (χ0) is 9.19. The topological polar surface area (TPSA) is 26.3 Å². The molecule has 0 aromatic carbocycles. The maximum absolute atomic E-state index is 11.8. The lowest BCUT2D eigenvalue weighted by Crippen LogP contribution is -2.34. The number of rotatable bonds is 3. The fourth-order valence-electron chi connectivity index (χ4n) is 1.87. The number of hydrogen-bond acceptors (Lipinski definition) is 2. The molecule has 12 heavy (non-hydrogen) atoms. The molecule has 0 radical (unpaired) electrons. The summed E-state index contributed by atoms with van der Waals surface area (Å²) < 4.78 is 5.30. The van der Waals surface area contributed by atoms with Gasteiger partial charge in [-0.15, -0.1) is 0 Å². The summed E-state index contributed by atoms with van der Waals surface area (Å²) in [6, 6.07) is 0. The van der Waals surface area contributed by atoms with Crippen LogP contribution in [0, 0.1) is 11.3 Å². The van der Waals surface area contributed by atoms with Crippen LogP contribution >= 0.6 is 0 Å². The van der Waals surface area contributed by atoms with E-state index in [0.717, 1.165) is 19.4 Å². The molecule has 0 N–H and O–H groups in total. The second-order valence-corrected chi connectivity index (χ2v) is 3.96. The highest BCUT2D eigenvalue weighted by Crippen LogP contribution is 2.35. The summed E-state index contributed by atoms with van der Waals surface area (Å²) in [6.45, 7) is 7.41. The Labute approximate surface area is 74.3 Å². The van der Waals surface area contributed by atoms with Crippen LogP contribution in [0.5, 0.6) is 0 Å². The highest BCUT2D eigenvalue weighted by atomic mass is 16.5. The average Bonchev–Trinajstić information content (AvgIpc) is 2.52. The first-order valence-corrected chi connectivity index (χ1v) is 4.74. The monoisotopic (exact) mass is 170 g/mol. The van der Waals surface area contributed by atoms with Crippen LogP contribution in [0.4, 0.5) is 0 Å². The van der Waals surface area contributed by atoms with E-state index in [1.165, 1.54) is 0 Å². The van der Waals surface area contributed by atoms with Gasteiger partial charge in [0.15, 0.2) is 0 Å². The molecule has 0 amide bonds. The standard InChI is InChI=1S/C10H18O2/c1-4-10(5-6-12-7-10)9(11)8(2)3/h8H,4-7H2,1-3H3/t10-/m0/s1. The number of carbonyl (C=O) groups is 1. The van der Waals surface area contributed by atoms with Gasteiger partial charge in [-0.05, 0) is 12.8 Å². The summed E-state index contributed by atoms with van der Waals surface area (Å²) in [5, 5.41) is 0. The van der Waals surface area contributed by atoms with E-state index in [2.05, 4.69) is 6.92 Å². The van der Waals surface area contributed by atoms with Crippen LogP contribution < -0.4 is 0 Å². The largest absolute Gasteiger partial charge is 0.380 e. The van der Waals surface area contributed by atoms with E-state index >= 15 is 0 Å². The summed E-state index contributed by atoms with van der Waals surface area (Å²) in [7, 11) is 0. The minimum absolute atomic E-state index is 0.145.